The van der Waals surface area contributed by atoms with Gasteiger partial charge in [0.05, 0.1) is 4.88 Å². The molecule has 0 unspecified atom stereocenters. The van der Waals surface area contributed by atoms with Crippen molar-refractivity contribution in [2.45, 2.75) is 26.8 Å². The molecule has 0 saturated heterocycles. The summed E-state index contributed by atoms with van der Waals surface area (Å²) in [5.41, 5.74) is 9.70. The van der Waals surface area contributed by atoms with Gasteiger partial charge in [-0.1, -0.05) is 25.1 Å². The average molecular weight is 310 g/mol. The monoisotopic (exact) mass is 310 g/mol. The molecule has 0 aliphatic rings. The molecule has 0 radical (unpaired) electrons. The summed E-state index contributed by atoms with van der Waals surface area (Å²) in [5, 5.41) is 1.33. The third-order valence-corrected chi connectivity index (χ3v) is 5.41. The van der Waals surface area contributed by atoms with Gasteiger partial charge in [-0.3, -0.25) is 9.20 Å². The Morgan fingerprint density at radius 3 is 2.86 bits per heavy atom. The fourth-order valence-corrected chi connectivity index (χ4v) is 4.36. The standard InChI is InChI=1S/C17H18N4S/c1-3-9-20-14(15-17(18)19-8-10-21(15)20)16-11(2)12-6-4-5-7-13(12)22-16/h4-8,10H,3,9H2,1-2H3,(H2,18,19). The first-order chi connectivity index (χ1) is 10.7. The third kappa shape index (κ3) is 1.72. The van der Waals surface area contributed by atoms with E-state index in [9.17, 15) is 0 Å². The van der Waals surface area contributed by atoms with Crippen LogP contribution in [0.1, 0.15) is 18.9 Å². The van der Waals surface area contributed by atoms with Crippen LogP contribution in [0.3, 0.4) is 0 Å². The number of nitrogens with zero attached hydrogens (tertiary/aromatic N) is 3. The van der Waals surface area contributed by atoms with Crippen molar-refractivity contribution < 1.29 is 0 Å². The molecule has 2 N–H and O–H groups in total. The number of hydrogen-bond donors (Lipinski definition) is 1. The summed E-state index contributed by atoms with van der Waals surface area (Å²) in [7, 11) is 0. The minimum absolute atomic E-state index is 0.599. The molecule has 112 valence electrons. The number of aromatic nitrogens is 3. The summed E-state index contributed by atoms with van der Waals surface area (Å²) >= 11 is 1.83. The van der Waals surface area contributed by atoms with Crippen LogP contribution in [-0.2, 0) is 6.54 Å². The lowest BCUT2D eigenvalue weighted by molar-refractivity contribution is 0.540. The number of thiophene rings is 1. The van der Waals surface area contributed by atoms with Crippen LogP contribution >= 0.6 is 11.3 Å². The van der Waals surface area contributed by atoms with Crippen LogP contribution in [-0.4, -0.2) is 14.2 Å². The molecule has 1 aromatic carbocycles. The first kappa shape index (κ1) is 13.4. The van der Waals surface area contributed by atoms with E-state index in [0.29, 0.717) is 5.82 Å². The predicted octanol–water partition coefficient (Wildman–Crippen LogP) is 4.32. The van der Waals surface area contributed by atoms with Crippen LogP contribution < -0.4 is 5.73 Å². The van der Waals surface area contributed by atoms with Crippen LogP contribution in [0, 0.1) is 6.92 Å². The van der Waals surface area contributed by atoms with Crippen molar-refractivity contribution in [3.63, 3.8) is 0 Å². The number of aryl methyl sites for hydroxylation is 2. The summed E-state index contributed by atoms with van der Waals surface area (Å²) in [4.78, 5) is 5.56. The minimum Gasteiger partial charge on any atom is -0.382 e. The average Bonchev–Trinajstić information content (AvgIpc) is 2.84. The zero-order valence-corrected chi connectivity index (χ0v) is 13.5. The molecular formula is C17H18N4S. The van der Waals surface area contributed by atoms with Crippen molar-refractivity contribution in [3.8, 4) is 10.6 Å². The summed E-state index contributed by atoms with van der Waals surface area (Å²) in [6, 6.07) is 8.56. The van der Waals surface area contributed by atoms with Crippen LogP contribution in [0.4, 0.5) is 5.82 Å². The van der Waals surface area contributed by atoms with Crippen LogP contribution in [0.2, 0.25) is 0 Å². The molecule has 0 aliphatic carbocycles. The van der Waals surface area contributed by atoms with Crippen LogP contribution in [0.15, 0.2) is 36.7 Å². The smallest absolute Gasteiger partial charge is 0.151 e. The molecule has 22 heavy (non-hydrogen) atoms. The quantitative estimate of drug-likeness (QED) is 0.612. The van der Waals surface area contributed by atoms with Gasteiger partial charge in [0.15, 0.2) is 5.82 Å². The molecule has 3 heterocycles. The highest BCUT2D eigenvalue weighted by Gasteiger charge is 2.23. The van der Waals surface area contributed by atoms with Gasteiger partial charge in [0.25, 0.3) is 0 Å². The Balaban J connectivity index is 2.03. The Kier molecular flexibility index (Phi) is 2.97. The minimum atomic E-state index is 0.599. The topological polar surface area (TPSA) is 48.2 Å². The van der Waals surface area contributed by atoms with Gasteiger partial charge in [-0.05, 0) is 30.4 Å². The number of nitrogens with two attached hydrogens (primary N) is 1. The van der Waals surface area contributed by atoms with Gasteiger partial charge in [0.1, 0.15) is 11.2 Å². The van der Waals surface area contributed by atoms with E-state index in [0.717, 1.165) is 18.5 Å². The van der Waals surface area contributed by atoms with E-state index in [-0.39, 0.29) is 0 Å². The molecule has 0 spiro atoms. The number of fused-ring (bicyclic) bond motifs is 2. The van der Waals surface area contributed by atoms with Gasteiger partial charge in [0.2, 0.25) is 0 Å². The van der Waals surface area contributed by atoms with Crippen molar-refractivity contribution in [3.05, 3.63) is 42.2 Å². The summed E-state index contributed by atoms with van der Waals surface area (Å²) in [6.07, 6.45) is 4.83. The van der Waals surface area contributed by atoms with Crippen LogP contribution in [0.5, 0.6) is 0 Å². The van der Waals surface area contributed by atoms with Crippen molar-refractivity contribution in [2.75, 3.05) is 5.73 Å². The second-order valence-electron chi connectivity index (χ2n) is 5.53. The van der Waals surface area contributed by atoms with Gasteiger partial charge in [-0.15, -0.1) is 11.3 Å². The first-order valence-electron chi connectivity index (χ1n) is 7.52. The molecule has 4 aromatic rings. The number of benzene rings is 1. The molecule has 4 nitrogen and oxygen atoms in total. The highest BCUT2D eigenvalue weighted by Crippen LogP contribution is 2.42. The number of nitrogen functional groups attached to an aromatic ring is 1. The molecule has 5 heteroatoms. The maximum Gasteiger partial charge on any atom is 0.151 e. The predicted molar refractivity (Wildman–Crippen MR) is 93.4 cm³/mol. The van der Waals surface area contributed by atoms with Gasteiger partial charge in [-0.25, -0.2) is 4.98 Å². The maximum absolute atomic E-state index is 6.13. The number of anilines is 1. The lowest BCUT2D eigenvalue weighted by Gasteiger charge is -2.25. The van der Waals surface area contributed by atoms with E-state index in [4.69, 9.17) is 5.73 Å². The zero-order valence-electron chi connectivity index (χ0n) is 12.7. The first-order valence-corrected chi connectivity index (χ1v) is 8.33. The van der Waals surface area contributed by atoms with Gasteiger partial charge < -0.3 is 5.73 Å². The summed E-state index contributed by atoms with van der Waals surface area (Å²) < 4.78 is 5.73. The van der Waals surface area contributed by atoms with Gasteiger partial charge in [0, 0.05) is 23.6 Å². The fourth-order valence-electron chi connectivity index (χ4n) is 3.10. The molecule has 0 atom stereocenters. The van der Waals surface area contributed by atoms with E-state index in [1.165, 1.54) is 26.2 Å². The Morgan fingerprint density at radius 2 is 2.09 bits per heavy atom. The SMILES string of the molecule is CCCn1c(-c2sc3ccccc3c2C)c2c(N)nccn21. The Bertz CT molecular complexity index is 973. The second kappa shape index (κ2) is 4.88. The van der Waals surface area contributed by atoms with Gasteiger partial charge >= 0.3 is 0 Å². The molecule has 0 amide bonds. The highest BCUT2D eigenvalue weighted by molar-refractivity contribution is 7.22. The Labute approximate surface area is 132 Å². The third-order valence-electron chi connectivity index (χ3n) is 4.13. The van der Waals surface area contributed by atoms with Crippen molar-refractivity contribution in [2.24, 2.45) is 0 Å². The molecule has 0 bridgehead atoms. The zero-order chi connectivity index (χ0) is 15.3. The van der Waals surface area contributed by atoms with E-state index in [2.05, 4.69) is 52.3 Å². The number of rotatable bonds is 3. The molecule has 0 saturated carbocycles. The molecule has 3 aromatic heterocycles. The Hall–Kier alpha value is -2.27. The van der Waals surface area contributed by atoms with E-state index in [1.54, 1.807) is 6.20 Å². The van der Waals surface area contributed by atoms with E-state index in [1.807, 2.05) is 17.5 Å². The highest BCUT2D eigenvalue weighted by atomic mass is 32.1. The largest absolute Gasteiger partial charge is 0.382 e. The summed E-state index contributed by atoms with van der Waals surface area (Å²) in [6.45, 7) is 5.36. The lowest BCUT2D eigenvalue weighted by Crippen LogP contribution is -2.21. The molecule has 0 aliphatic heterocycles. The van der Waals surface area contributed by atoms with E-state index >= 15 is 0 Å². The molecule has 0 fully saturated rings. The van der Waals surface area contributed by atoms with Gasteiger partial charge in [-0.2, -0.15) is 0 Å². The van der Waals surface area contributed by atoms with Crippen LogP contribution in [0.25, 0.3) is 26.2 Å². The summed E-state index contributed by atoms with van der Waals surface area (Å²) in [5.74, 6) is 0.599. The maximum atomic E-state index is 6.13. The second-order valence-corrected chi connectivity index (χ2v) is 6.58. The lowest BCUT2D eigenvalue weighted by atomic mass is 10.1. The van der Waals surface area contributed by atoms with E-state index < -0.39 is 0 Å². The molecule has 4 rings (SSSR count). The van der Waals surface area contributed by atoms with Crippen molar-refractivity contribution in [1.82, 2.24) is 14.2 Å². The van der Waals surface area contributed by atoms with Crippen molar-refractivity contribution in [1.29, 1.82) is 0 Å². The van der Waals surface area contributed by atoms with Crippen molar-refractivity contribution >= 4 is 32.8 Å². The molecular weight excluding hydrogens is 292 g/mol. The fraction of sp³-hybridized carbons (Fsp3) is 0.235. The number of hydrogen-bond acceptors (Lipinski definition) is 3. The normalized spacial score (nSPS) is 11.7. The Morgan fingerprint density at radius 1 is 1.27 bits per heavy atom.